The van der Waals surface area contributed by atoms with Crippen molar-refractivity contribution in [2.45, 2.75) is 32.4 Å². The zero-order valence-corrected chi connectivity index (χ0v) is 16.8. The van der Waals surface area contributed by atoms with E-state index in [-0.39, 0.29) is 11.8 Å². The Hall–Kier alpha value is -2.59. The SMILES string of the molecule is CN(Cc1cn(Cc2ccccc2Cl)nc1-c1ccccc1)C(=O)C1CCC1. The Labute approximate surface area is 170 Å². The van der Waals surface area contributed by atoms with Crippen LogP contribution in [0.1, 0.15) is 30.4 Å². The van der Waals surface area contributed by atoms with Gasteiger partial charge in [0.1, 0.15) is 0 Å². The molecule has 1 fully saturated rings. The number of carbonyl (C=O) groups is 1. The van der Waals surface area contributed by atoms with Crippen molar-refractivity contribution in [3.63, 3.8) is 0 Å². The topological polar surface area (TPSA) is 38.1 Å². The summed E-state index contributed by atoms with van der Waals surface area (Å²) < 4.78 is 1.92. The fourth-order valence-corrected chi connectivity index (χ4v) is 3.80. The molecule has 0 bridgehead atoms. The highest BCUT2D eigenvalue weighted by Gasteiger charge is 2.28. The number of rotatable bonds is 6. The standard InChI is InChI=1S/C23H24ClN3O/c1-26(23(28)18-11-7-12-18)14-20-16-27(15-19-10-5-6-13-21(19)24)25-22(20)17-8-3-2-4-9-17/h2-6,8-10,13,16,18H,7,11-12,14-15H2,1H3. The lowest BCUT2D eigenvalue weighted by atomic mass is 9.84. The van der Waals surface area contributed by atoms with Gasteiger partial charge in [0, 0.05) is 41.9 Å². The van der Waals surface area contributed by atoms with E-state index in [0.29, 0.717) is 13.1 Å². The molecule has 1 aromatic heterocycles. The maximum atomic E-state index is 12.6. The van der Waals surface area contributed by atoms with Crippen LogP contribution < -0.4 is 0 Å². The van der Waals surface area contributed by atoms with Crippen LogP contribution in [0.4, 0.5) is 0 Å². The lowest BCUT2D eigenvalue weighted by Gasteiger charge is -2.29. The van der Waals surface area contributed by atoms with Crippen LogP contribution in [0.5, 0.6) is 0 Å². The summed E-state index contributed by atoms with van der Waals surface area (Å²) in [4.78, 5) is 14.4. The van der Waals surface area contributed by atoms with Gasteiger partial charge in [0.05, 0.1) is 12.2 Å². The van der Waals surface area contributed by atoms with Crippen molar-refractivity contribution in [2.24, 2.45) is 5.92 Å². The lowest BCUT2D eigenvalue weighted by Crippen LogP contribution is -2.35. The summed E-state index contributed by atoms with van der Waals surface area (Å²) in [6, 6.07) is 17.9. The van der Waals surface area contributed by atoms with Gasteiger partial charge in [-0.15, -0.1) is 0 Å². The molecule has 28 heavy (non-hydrogen) atoms. The summed E-state index contributed by atoms with van der Waals surface area (Å²) in [6.45, 7) is 1.15. The molecular weight excluding hydrogens is 370 g/mol. The number of amides is 1. The summed E-state index contributed by atoms with van der Waals surface area (Å²) in [5.41, 5.74) is 4.05. The molecule has 4 nitrogen and oxygen atoms in total. The summed E-state index contributed by atoms with van der Waals surface area (Å²) in [7, 11) is 1.89. The number of hydrogen-bond donors (Lipinski definition) is 0. The maximum Gasteiger partial charge on any atom is 0.225 e. The highest BCUT2D eigenvalue weighted by atomic mass is 35.5. The van der Waals surface area contributed by atoms with E-state index in [4.69, 9.17) is 16.7 Å². The average molecular weight is 394 g/mol. The van der Waals surface area contributed by atoms with Gasteiger partial charge in [-0.3, -0.25) is 9.48 Å². The first-order valence-electron chi connectivity index (χ1n) is 9.72. The third kappa shape index (κ3) is 3.97. The van der Waals surface area contributed by atoms with Crippen LogP contribution in [0.25, 0.3) is 11.3 Å². The van der Waals surface area contributed by atoms with Gasteiger partial charge in [0.25, 0.3) is 0 Å². The number of carbonyl (C=O) groups excluding carboxylic acids is 1. The normalized spacial score (nSPS) is 13.9. The molecule has 1 amide bonds. The Balaban J connectivity index is 1.62. The fourth-order valence-electron chi connectivity index (χ4n) is 3.60. The van der Waals surface area contributed by atoms with E-state index < -0.39 is 0 Å². The van der Waals surface area contributed by atoms with Crippen molar-refractivity contribution in [2.75, 3.05) is 7.05 Å². The average Bonchev–Trinajstić information content (AvgIpc) is 3.05. The second-order valence-corrected chi connectivity index (χ2v) is 7.89. The molecule has 1 aliphatic rings. The zero-order chi connectivity index (χ0) is 19.5. The smallest absolute Gasteiger partial charge is 0.225 e. The van der Waals surface area contributed by atoms with E-state index in [1.165, 1.54) is 0 Å². The number of aromatic nitrogens is 2. The Morgan fingerprint density at radius 3 is 2.50 bits per heavy atom. The Morgan fingerprint density at radius 1 is 1.11 bits per heavy atom. The first-order valence-corrected chi connectivity index (χ1v) is 10.1. The molecule has 0 N–H and O–H groups in total. The van der Waals surface area contributed by atoms with E-state index in [1.54, 1.807) is 0 Å². The van der Waals surface area contributed by atoms with Crippen LogP contribution in [0.15, 0.2) is 60.8 Å². The van der Waals surface area contributed by atoms with Crippen molar-refractivity contribution in [3.05, 3.63) is 76.9 Å². The van der Waals surface area contributed by atoms with E-state index in [0.717, 1.165) is 46.7 Å². The number of halogens is 1. The lowest BCUT2D eigenvalue weighted by molar-refractivity contribution is -0.137. The molecule has 1 heterocycles. The van der Waals surface area contributed by atoms with Crippen LogP contribution in [0, 0.1) is 5.92 Å². The van der Waals surface area contributed by atoms with E-state index >= 15 is 0 Å². The summed E-state index contributed by atoms with van der Waals surface area (Å²) in [6.07, 6.45) is 5.23. The van der Waals surface area contributed by atoms with Crippen molar-refractivity contribution >= 4 is 17.5 Å². The molecule has 0 saturated heterocycles. The minimum Gasteiger partial charge on any atom is -0.341 e. The minimum atomic E-state index is 0.198. The highest BCUT2D eigenvalue weighted by Crippen LogP contribution is 2.29. The van der Waals surface area contributed by atoms with Crippen molar-refractivity contribution in [1.82, 2.24) is 14.7 Å². The molecule has 1 aliphatic carbocycles. The summed E-state index contributed by atoms with van der Waals surface area (Å²) >= 11 is 6.33. The third-order valence-electron chi connectivity index (χ3n) is 5.41. The maximum absolute atomic E-state index is 12.6. The zero-order valence-electron chi connectivity index (χ0n) is 16.0. The van der Waals surface area contributed by atoms with Crippen molar-refractivity contribution in [3.8, 4) is 11.3 Å². The molecule has 4 rings (SSSR count). The Morgan fingerprint density at radius 2 is 1.82 bits per heavy atom. The van der Waals surface area contributed by atoms with Crippen molar-refractivity contribution < 1.29 is 4.79 Å². The van der Waals surface area contributed by atoms with Gasteiger partial charge in [-0.2, -0.15) is 5.10 Å². The quantitative estimate of drug-likeness (QED) is 0.590. The molecule has 0 aliphatic heterocycles. The molecule has 0 atom stereocenters. The first-order chi connectivity index (χ1) is 13.6. The van der Waals surface area contributed by atoms with Gasteiger partial charge < -0.3 is 4.90 Å². The molecule has 1 saturated carbocycles. The Kier molecular flexibility index (Phi) is 5.49. The predicted octanol–water partition coefficient (Wildman–Crippen LogP) is 5.01. The first kappa shape index (κ1) is 18.8. The predicted molar refractivity (Wildman–Crippen MR) is 112 cm³/mol. The molecule has 0 radical (unpaired) electrons. The van der Waals surface area contributed by atoms with Gasteiger partial charge >= 0.3 is 0 Å². The highest BCUT2D eigenvalue weighted by molar-refractivity contribution is 6.31. The molecule has 0 spiro atoms. The van der Waals surface area contributed by atoms with Crippen LogP contribution in [-0.2, 0) is 17.9 Å². The second-order valence-electron chi connectivity index (χ2n) is 7.48. The molecule has 5 heteroatoms. The van der Waals surface area contributed by atoms with Crippen LogP contribution in [0.3, 0.4) is 0 Å². The summed E-state index contributed by atoms with van der Waals surface area (Å²) in [5, 5.41) is 5.56. The van der Waals surface area contributed by atoms with E-state index in [2.05, 4.69) is 12.1 Å². The van der Waals surface area contributed by atoms with Gasteiger partial charge in [0.2, 0.25) is 5.91 Å². The molecule has 3 aromatic rings. The molecule has 144 valence electrons. The molecular formula is C23H24ClN3O. The fraction of sp³-hybridized carbons (Fsp3) is 0.304. The third-order valence-corrected chi connectivity index (χ3v) is 5.78. The van der Waals surface area contributed by atoms with Crippen molar-refractivity contribution in [1.29, 1.82) is 0 Å². The number of benzene rings is 2. The van der Waals surface area contributed by atoms with Gasteiger partial charge in [0.15, 0.2) is 0 Å². The minimum absolute atomic E-state index is 0.198. The monoisotopic (exact) mass is 393 g/mol. The van der Waals surface area contributed by atoms with Crippen LogP contribution in [0.2, 0.25) is 5.02 Å². The van der Waals surface area contributed by atoms with Gasteiger partial charge in [-0.1, -0.05) is 66.6 Å². The number of nitrogens with zero attached hydrogens (tertiary/aromatic N) is 3. The largest absolute Gasteiger partial charge is 0.341 e. The number of hydrogen-bond acceptors (Lipinski definition) is 2. The molecule has 2 aromatic carbocycles. The molecule has 0 unspecified atom stereocenters. The van der Waals surface area contributed by atoms with Crippen LogP contribution in [-0.4, -0.2) is 27.6 Å². The van der Waals surface area contributed by atoms with E-state index in [9.17, 15) is 4.79 Å². The van der Waals surface area contributed by atoms with E-state index in [1.807, 2.05) is 65.3 Å². The van der Waals surface area contributed by atoms with Crippen LogP contribution >= 0.6 is 11.6 Å². The second kappa shape index (κ2) is 8.19. The van der Waals surface area contributed by atoms with Gasteiger partial charge in [-0.25, -0.2) is 0 Å². The van der Waals surface area contributed by atoms with Gasteiger partial charge in [-0.05, 0) is 24.5 Å². The summed E-state index contributed by atoms with van der Waals surface area (Å²) in [5.74, 6) is 0.437. The Bertz CT molecular complexity index is 963.